The number of phenolic OH excluding ortho intramolecular Hbond substituents is 1. The van der Waals surface area contributed by atoms with E-state index in [0.717, 1.165) is 11.1 Å². The van der Waals surface area contributed by atoms with Gasteiger partial charge in [-0.05, 0) is 35.1 Å². The van der Waals surface area contributed by atoms with Gasteiger partial charge in [-0.1, -0.05) is 71.0 Å². The smallest absolute Gasteiger partial charge is 0.119 e. The Morgan fingerprint density at radius 2 is 1.38 bits per heavy atom. The molecule has 1 N–H and O–H groups in total. The van der Waals surface area contributed by atoms with Crippen molar-refractivity contribution in [1.82, 2.24) is 0 Å². The topological polar surface area (TPSA) is 20.2 Å². The van der Waals surface area contributed by atoms with Gasteiger partial charge in [0, 0.05) is 11.0 Å². The number of aryl methyl sites for hydroxylation is 1. The molecule has 1 heteroatoms. The Hall–Kier alpha value is -1.76. The highest BCUT2D eigenvalue weighted by atomic mass is 16.3. The summed E-state index contributed by atoms with van der Waals surface area (Å²) in [6, 6.07) is 14.4. The summed E-state index contributed by atoms with van der Waals surface area (Å²) in [4.78, 5) is 0. The Morgan fingerprint density at radius 1 is 0.810 bits per heavy atom. The summed E-state index contributed by atoms with van der Waals surface area (Å²) in [7, 11) is 0. The lowest BCUT2D eigenvalue weighted by Crippen LogP contribution is -2.21. The van der Waals surface area contributed by atoms with Crippen LogP contribution in [-0.2, 0) is 10.8 Å². The van der Waals surface area contributed by atoms with E-state index in [1.807, 2.05) is 24.3 Å². The Morgan fingerprint density at radius 3 is 1.90 bits per heavy atom. The van der Waals surface area contributed by atoms with Crippen LogP contribution in [0.4, 0.5) is 0 Å². The molecule has 0 saturated heterocycles. The van der Waals surface area contributed by atoms with Crippen LogP contribution in [0.1, 0.15) is 56.9 Å². The molecule has 0 atom stereocenters. The first kappa shape index (κ1) is 15.6. The summed E-state index contributed by atoms with van der Waals surface area (Å²) >= 11 is 0. The number of aromatic hydroxyl groups is 1. The molecule has 0 aliphatic rings. The summed E-state index contributed by atoms with van der Waals surface area (Å²) in [5.74, 6) is 0.384. The van der Waals surface area contributed by atoms with Gasteiger partial charge in [0.1, 0.15) is 5.75 Å². The minimum absolute atomic E-state index is 0.0688. The number of hydrogen-bond acceptors (Lipinski definition) is 1. The average Bonchev–Trinajstić information content (AvgIpc) is 2.37. The molecule has 1 nitrogen and oxygen atoms in total. The van der Waals surface area contributed by atoms with Crippen molar-refractivity contribution in [3.63, 3.8) is 0 Å². The van der Waals surface area contributed by atoms with E-state index < -0.39 is 0 Å². The van der Waals surface area contributed by atoms with Gasteiger partial charge < -0.3 is 5.11 Å². The van der Waals surface area contributed by atoms with E-state index in [9.17, 15) is 5.11 Å². The quantitative estimate of drug-likeness (QED) is 0.790. The van der Waals surface area contributed by atoms with Gasteiger partial charge in [-0.2, -0.15) is 0 Å². The summed E-state index contributed by atoms with van der Waals surface area (Å²) in [5.41, 5.74) is 4.48. The minimum Gasteiger partial charge on any atom is -0.508 e. The summed E-state index contributed by atoms with van der Waals surface area (Å²) in [6.07, 6.45) is 0. The molecule has 0 unspecified atom stereocenters. The number of hydrogen-bond donors (Lipinski definition) is 1. The first-order chi connectivity index (χ1) is 9.64. The van der Waals surface area contributed by atoms with E-state index >= 15 is 0 Å². The van der Waals surface area contributed by atoms with Crippen molar-refractivity contribution in [2.75, 3.05) is 0 Å². The maximum absolute atomic E-state index is 10.5. The summed E-state index contributed by atoms with van der Waals surface area (Å²) < 4.78 is 0. The average molecular weight is 282 g/mol. The van der Waals surface area contributed by atoms with Crippen LogP contribution in [0.2, 0.25) is 0 Å². The third kappa shape index (κ3) is 2.97. The molecule has 0 heterocycles. The lowest BCUT2D eigenvalue weighted by atomic mass is 9.74. The molecule has 0 aliphatic heterocycles. The van der Waals surface area contributed by atoms with Gasteiger partial charge in [-0.15, -0.1) is 0 Å². The zero-order valence-corrected chi connectivity index (χ0v) is 14.0. The Bertz CT molecular complexity index is 631. The molecule has 0 aromatic heterocycles. The van der Waals surface area contributed by atoms with E-state index in [1.165, 1.54) is 11.1 Å². The zero-order chi connectivity index (χ0) is 15.8. The Labute approximate surface area is 128 Å². The Kier molecular flexibility index (Phi) is 3.88. The molecule has 2 aromatic carbocycles. The lowest BCUT2D eigenvalue weighted by molar-refractivity contribution is 0.450. The van der Waals surface area contributed by atoms with Crippen LogP contribution in [0.5, 0.6) is 5.75 Å². The van der Waals surface area contributed by atoms with Gasteiger partial charge in [0.25, 0.3) is 0 Å². The molecule has 0 spiro atoms. The second-order valence-electron chi connectivity index (χ2n) is 7.43. The molecule has 0 saturated carbocycles. The predicted octanol–water partition coefficient (Wildman–Crippen LogP) is 5.32. The Balaban J connectivity index is 2.64. The first-order valence-electron chi connectivity index (χ1n) is 7.54. The van der Waals surface area contributed by atoms with Crippen LogP contribution < -0.4 is 0 Å². The van der Waals surface area contributed by atoms with Crippen LogP contribution in [-0.4, -0.2) is 5.11 Å². The van der Waals surface area contributed by atoms with Gasteiger partial charge in [-0.25, -0.2) is 0 Å². The highest BCUT2D eigenvalue weighted by Gasteiger charge is 2.28. The van der Waals surface area contributed by atoms with Crippen molar-refractivity contribution in [2.45, 2.75) is 52.4 Å². The fraction of sp³-hybridized carbons (Fsp3) is 0.400. The highest BCUT2D eigenvalue weighted by molar-refractivity contribution is 5.51. The van der Waals surface area contributed by atoms with Crippen LogP contribution in [0.3, 0.4) is 0 Å². The number of benzene rings is 2. The lowest BCUT2D eigenvalue weighted by Gasteiger charge is -2.30. The molecule has 0 radical (unpaired) electrons. The first-order valence-corrected chi connectivity index (χ1v) is 7.54. The highest BCUT2D eigenvalue weighted by Crippen LogP contribution is 2.40. The largest absolute Gasteiger partial charge is 0.508 e. The molecule has 21 heavy (non-hydrogen) atoms. The van der Waals surface area contributed by atoms with Gasteiger partial charge >= 0.3 is 0 Å². The van der Waals surface area contributed by atoms with Crippen LogP contribution >= 0.6 is 0 Å². The number of rotatable bonds is 2. The monoisotopic (exact) mass is 282 g/mol. The van der Waals surface area contributed by atoms with Crippen LogP contribution in [0, 0.1) is 6.92 Å². The fourth-order valence-electron chi connectivity index (χ4n) is 3.01. The molecule has 0 bridgehead atoms. The third-order valence-electron chi connectivity index (χ3n) is 4.32. The van der Waals surface area contributed by atoms with Crippen molar-refractivity contribution in [1.29, 1.82) is 0 Å². The van der Waals surface area contributed by atoms with Crippen molar-refractivity contribution >= 4 is 0 Å². The summed E-state index contributed by atoms with van der Waals surface area (Å²) in [5, 5.41) is 10.5. The van der Waals surface area contributed by atoms with Crippen molar-refractivity contribution < 1.29 is 5.11 Å². The fourth-order valence-corrected chi connectivity index (χ4v) is 3.01. The van der Waals surface area contributed by atoms with E-state index in [1.54, 1.807) is 0 Å². The van der Waals surface area contributed by atoms with Gasteiger partial charge in [0.05, 0.1) is 0 Å². The van der Waals surface area contributed by atoms with Gasteiger partial charge in [0.15, 0.2) is 0 Å². The molecule has 0 fully saturated rings. The number of phenols is 1. The molecule has 0 amide bonds. The maximum atomic E-state index is 10.5. The van der Waals surface area contributed by atoms with E-state index in [4.69, 9.17) is 0 Å². The maximum Gasteiger partial charge on any atom is 0.119 e. The molecule has 0 aliphatic carbocycles. The van der Waals surface area contributed by atoms with Gasteiger partial charge in [-0.3, -0.25) is 0 Å². The molecule has 112 valence electrons. The second kappa shape index (κ2) is 5.22. The van der Waals surface area contributed by atoms with Crippen molar-refractivity contribution in [3.8, 4) is 5.75 Å². The second-order valence-corrected chi connectivity index (χ2v) is 7.43. The SMILES string of the molecule is Cc1cc(O)c(C(C)(C)c2ccccc2)cc1C(C)(C)C. The van der Waals surface area contributed by atoms with Crippen LogP contribution in [0.15, 0.2) is 42.5 Å². The predicted molar refractivity (Wildman–Crippen MR) is 90.1 cm³/mol. The third-order valence-corrected chi connectivity index (χ3v) is 4.32. The van der Waals surface area contributed by atoms with Gasteiger partial charge in [0.2, 0.25) is 0 Å². The summed E-state index contributed by atoms with van der Waals surface area (Å²) in [6.45, 7) is 13.0. The van der Waals surface area contributed by atoms with E-state index in [2.05, 4.69) is 59.7 Å². The molecule has 2 rings (SSSR count). The zero-order valence-electron chi connectivity index (χ0n) is 14.0. The van der Waals surface area contributed by atoms with Crippen molar-refractivity contribution in [3.05, 3.63) is 64.7 Å². The van der Waals surface area contributed by atoms with E-state index in [0.29, 0.717) is 5.75 Å². The van der Waals surface area contributed by atoms with E-state index in [-0.39, 0.29) is 10.8 Å². The minimum atomic E-state index is -0.223. The standard InChI is InChI=1S/C20H26O/c1-14-12-18(21)17(13-16(14)19(2,3)4)20(5,6)15-10-8-7-9-11-15/h7-13,21H,1-6H3. The molecule has 2 aromatic rings. The van der Waals surface area contributed by atoms with Crippen molar-refractivity contribution in [2.24, 2.45) is 0 Å². The normalized spacial score (nSPS) is 12.5. The molecular formula is C20H26O. The molecular weight excluding hydrogens is 256 g/mol. The van der Waals surface area contributed by atoms with Crippen LogP contribution in [0.25, 0.3) is 0 Å².